The van der Waals surface area contributed by atoms with Crippen molar-refractivity contribution >= 4 is 5.97 Å². The van der Waals surface area contributed by atoms with Crippen LogP contribution >= 0.6 is 0 Å². The normalized spacial score (nSPS) is 18.2. The fraction of sp³-hybridized carbons (Fsp3) is 0.455. The van der Waals surface area contributed by atoms with Gasteiger partial charge in [0.25, 0.3) is 0 Å². The van der Waals surface area contributed by atoms with Crippen LogP contribution in [0, 0.1) is 11.8 Å². The standard InChI is InChI=1S/C33H40N2O4/c1-5-35(6-2)20-27-17-25(11-13-28(27)24-15-16-34-31(19-24)38-4)29-14-12-22-7-10-26(18-30(22)39-29)32(23-8-9-23)21(3)33(36)37/h7,10-11,13,15-19,21,23,29,32H,5-6,8-9,12,14,20H2,1-4H3,(H,36,37)/t21-,29?,32-/m0/s1. The molecule has 39 heavy (non-hydrogen) atoms. The highest BCUT2D eigenvalue weighted by atomic mass is 16.5. The first-order chi connectivity index (χ1) is 18.9. The van der Waals surface area contributed by atoms with Crippen LogP contribution in [-0.4, -0.2) is 41.2 Å². The molecule has 5 rings (SSSR count). The smallest absolute Gasteiger partial charge is 0.306 e. The Labute approximate surface area is 232 Å². The Morgan fingerprint density at radius 1 is 1.10 bits per heavy atom. The lowest BCUT2D eigenvalue weighted by molar-refractivity contribution is -0.142. The van der Waals surface area contributed by atoms with Gasteiger partial charge in [-0.05, 0) is 96.1 Å². The van der Waals surface area contributed by atoms with E-state index < -0.39 is 11.9 Å². The van der Waals surface area contributed by atoms with E-state index in [0.29, 0.717) is 11.8 Å². The molecular weight excluding hydrogens is 488 g/mol. The average Bonchev–Trinajstić information content (AvgIpc) is 3.80. The summed E-state index contributed by atoms with van der Waals surface area (Å²) in [4.78, 5) is 18.6. The molecule has 6 nitrogen and oxygen atoms in total. The molecule has 3 aromatic rings. The number of fused-ring (bicyclic) bond motifs is 1. The molecule has 1 aliphatic carbocycles. The number of hydrogen-bond acceptors (Lipinski definition) is 5. The number of benzene rings is 2. The molecular formula is C33H40N2O4. The quantitative estimate of drug-likeness (QED) is 0.293. The summed E-state index contributed by atoms with van der Waals surface area (Å²) < 4.78 is 12.0. The Balaban J connectivity index is 1.45. The molecule has 2 aliphatic rings. The van der Waals surface area contributed by atoms with Gasteiger partial charge in [0.1, 0.15) is 11.9 Å². The van der Waals surface area contributed by atoms with E-state index in [1.807, 2.05) is 19.1 Å². The van der Waals surface area contributed by atoms with Crippen LogP contribution in [0.5, 0.6) is 11.6 Å². The van der Waals surface area contributed by atoms with Gasteiger partial charge in [0.2, 0.25) is 5.88 Å². The number of carbonyl (C=O) groups is 1. The van der Waals surface area contributed by atoms with Gasteiger partial charge >= 0.3 is 5.97 Å². The minimum absolute atomic E-state index is 0.0362. The molecule has 0 amide bonds. The summed E-state index contributed by atoms with van der Waals surface area (Å²) in [5.74, 6) is 0.868. The lowest BCUT2D eigenvalue weighted by Crippen LogP contribution is -2.23. The van der Waals surface area contributed by atoms with E-state index in [0.717, 1.165) is 62.2 Å². The van der Waals surface area contributed by atoms with Gasteiger partial charge in [0.05, 0.1) is 13.0 Å². The Kier molecular flexibility index (Phi) is 8.22. The van der Waals surface area contributed by atoms with Gasteiger partial charge in [-0.15, -0.1) is 0 Å². The number of ether oxygens (including phenoxy) is 2. The van der Waals surface area contributed by atoms with Gasteiger partial charge in [-0.3, -0.25) is 9.69 Å². The van der Waals surface area contributed by atoms with Gasteiger partial charge in [-0.1, -0.05) is 51.1 Å². The SMILES string of the molecule is CCN(CC)Cc1cc(C2CCc3ccc([C@H](C4CC4)[C@H](C)C(=O)O)cc3O2)ccc1-c1ccnc(OC)c1. The zero-order valence-electron chi connectivity index (χ0n) is 23.5. The van der Waals surface area contributed by atoms with Crippen molar-refractivity contribution in [3.63, 3.8) is 0 Å². The Morgan fingerprint density at radius 3 is 2.59 bits per heavy atom. The van der Waals surface area contributed by atoms with Crippen molar-refractivity contribution in [3.8, 4) is 22.8 Å². The summed E-state index contributed by atoms with van der Waals surface area (Å²) in [7, 11) is 1.64. The molecule has 6 heteroatoms. The van der Waals surface area contributed by atoms with E-state index in [-0.39, 0.29) is 12.0 Å². The van der Waals surface area contributed by atoms with E-state index >= 15 is 0 Å². The van der Waals surface area contributed by atoms with Gasteiger partial charge in [-0.25, -0.2) is 4.98 Å². The summed E-state index contributed by atoms with van der Waals surface area (Å²) in [6.45, 7) is 9.04. The maximum absolute atomic E-state index is 11.8. The van der Waals surface area contributed by atoms with Gasteiger partial charge in [0, 0.05) is 18.8 Å². The number of aliphatic carboxylic acids is 1. The molecule has 0 saturated heterocycles. The van der Waals surface area contributed by atoms with Crippen LogP contribution < -0.4 is 9.47 Å². The number of carboxylic acid groups (broad SMARTS) is 1. The monoisotopic (exact) mass is 528 g/mol. The average molecular weight is 529 g/mol. The van der Waals surface area contributed by atoms with Crippen LogP contribution in [0.15, 0.2) is 54.7 Å². The zero-order valence-corrected chi connectivity index (χ0v) is 23.5. The summed E-state index contributed by atoms with van der Waals surface area (Å²) in [6, 6.07) is 17.1. The molecule has 0 spiro atoms. The van der Waals surface area contributed by atoms with Gasteiger partial charge < -0.3 is 14.6 Å². The number of pyridine rings is 1. The second-order valence-electron chi connectivity index (χ2n) is 11.0. The molecule has 1 saturated carbocycles. The van der Waals surface area contributed by atoms with E-state index in [1.165, 1.54) is 22.3 Å². The minimum atomic E-state index is -0.726. The van der Waals surface area contributed by atoms with E-state index in [4.69, 9.17) is 9.47 Å². The molecule has 0 bridgehead atoms. The molecule has 1 N–H and O–H groups in total. The Morgan fingerprint density at radius 2 is 1.90 bits per heavy atom. The number of methoxy groups -OCH3 is 1. The van der Waals surface area contributed by atoms with Crippen LogP contribution in [0.25, 0.3) is 11.1 Å². The molecule has 0 radical (unpaired) electrons. The first kappa shape index (κ1) is 27.2. The lowest BCUT2D eigenvalue weighted by atomic mass is 9.82. The van der Waals surface area contributed by atoms with Gasteiger partial charge in [-0.2, -0.15) is 0 Å². The highest BCUT2D eigenvalue weighted by molar-refractivity contribution is 5.71. The predicted octanol–water partition coefficient (Wildman–Crippen LogP) is 6.88. The van der Waals surface area contributed by atoms with Crippen LogP contribution in [-0.2, 0) is 17.8 Å². The maximum atomic E-state index is 11.8. The van der Waals surface area contributed by atoms with Crippen molar-refractivity contribution in [2.45, 2.75) is 65.0 Å². The number of nitrogens with zero attached hydrogens (tertiary/aromatic N) is 2. The van der Waals surface area contributed by atoms with Crippen LogP contribution in [0.3, 0.4) is 0 Å². The van der Waals surface area contributed by atoms with Crippen LogP contribution in [0.4, 0.5) is 0 Å². The molecule has 2 heterocycles. The minimum Gasteiger partial charge on any atom is -0.485 e. The van der Waals surface area contributed by atoms with Crippen molar-refractivity contribution in [1.29, 1.82) is 0 Å². The third-order valence-electron chi connectivity index (χ3n) is 8.52. The van der Waals surface area contributed by atoms with Crippen molar-refractivity contribution < 1.29 is 19.4 Å². The molecule has 206 valence electrons. The predicted molar refractivity (Wildman–Crippen MR) is 153 cm³/mol. The lowest BCUT2D eigenvalue weighted by Gasteiger charge is -2.29. The first-order valence-electron chi connectivity index (χ1n) is 14.3. The second-order valence-corrected chi connectivity index (χ2v) is 11.0. The number of aromatic nitrogens is 1. The van der Waals surface area contributed by atoms with E-state index in [9.17, 15) is 9.90 Å². The first-order valence-corrected chi connectivity index (χ1v) is 14.3. The van der Waals surface area contributed by atoms with Crippen LogP contribution in [0.1, 0.15) is 74.3 Å². The topological polar surface area (TPSA) is 71.9 Å². The number of rotatable bonds is 11. The number of carboxylic acids is 1. The zero-order chi connectivity index (χ0) is 27.5. The summed E-state index contributed by atoms with van der Waals surface area (Å²) in [6.07, 6.45) is 5.82. The molecule has 1 unspecified atom stereocenters. The second kappa shape index (κ2) is 11.8. The number of hydrogen-bond donors (Lipinski definition) is 1. The van der Waals surface area contributed by atoms with Gasteiger partial charge in [0.15, 0.2) is 0 Å². The summed E-state index contributed by atoms with van der Waals surface area (Å²) >= 11 is 0. The summed E-state index contributed by atoms with van der Waals surface area (Å²) in [5, 5.41) is 9.73. The van der Waals surface area contributed by atoms with Crippen molar-refractivity contribution in [2.24, 2.45) is 11.8 Å². The summed E-state index contributed by atoms with van der Waals surface area (Å²) in [5.41, 5.74) is 7.01. The fourth-order valence-corrected chi connectivity index (χ4v) is 6.01. The van der Waals surface area contributed by atoms with E-state index in [2.05, 4.69) is 60.1 Å². The molecule has 1 aliphatic heterocycles. The largest absolute Gasteiger partial charge is 0.485 e. The highest BCUT2D eigenvalue weighted by Crippen LogP contribution is 2.48. The van der Waals surface area contributed by atoms with Crippen LogP contribution in [0.2, 0.25) is 0 Å². The highest BCUT2D eigenvalue weighted by Gasteiger charge is 2.39. The molecule has 2 aromatic carbocycles. The van der Waals surface area contributed by atoms with Crippen molar-refractivity contribution in [3.05, 3.63) is 77.0 Å². The Bertz CT molecular complexity index is 1310. The van der Waals surface area contributed by atoms with Crippen molar-refractivity contribution in [2.75, 3.05) is 20.2 Å². The molecule has 1 aromatic heterocycles. The Hall–Kier alpha value is -3.38. The fourth-order valence-electron chi connectivity index (χ4n) is 6.01. The van der Waals surface area contributed by atoms with E-state index in [1.54, 1.807) is 13.3 Å². The maximum Gasteiger partial charge on any atom is 0.306 e. The third-order valence-corrected chi connectivity index (χ3v) is 8.52. The molecule has 1 fully saturated rings. The van der Waals surface area contributed by atoms with Crippen molar-refractivity contribution in [1.82, 2.24) is 9.88 Å². The molecule has 3 atom stereocenters. The third kappa shape index (κ3) is 5.96. The number of aryl methyl sites for hydroxylation is 1.